The molecule has 0 atom stereocenters. The number of thiophene rings is 1. The summed E-state index contributed by atoms with van der Waals surface area (Å²) in [5.74, 6) is -0.354. The summed E-state index contributed by atoms with van der Waals surface area (Å²) in [5, 5.41) is 0. The third-order valence-electron chi connectivity index (χ3n) is 2.75. The molecule has 0 spiro atoms. The topological polar surface area (TPSA) is 81.7 Å². The summed E-state index contributed by atoms with van der Waals surface area (Å²) >= 11 is 7.58. The average Bonchev–Trinajstić information content (AvgIpc) is 2.86. The van der Waals surface area contributed by atoms with Gasteiger partial charge in [0.25, 0.3) is 10.0 Å². The Morgan fingerprint density at radius 3 is 2.43 bits per heavy atom. The Balaban J connectivity index is 2.34. The molecule has 1 aromatic heterocycles. The Labute approximate surface area is 154 Å². The van der Waals surface area contributed by atoms with Gasteiger partial charge >= 0.3 is 5.97 Å². The molecule has 1 aromatic carbocycles. The van der Waals surface area contributed by atoms with Crippen LogP contribution >= 0.6 is 43.2 Å². The van der Waals surface area contributed by atoms with E-state index in [0.717, 1.165) is 11.3 Å². The van der Waals surface area contributed by atoms with E-state index in [4.69, 9.17) is 4.74 Å². The van der Waals surface area contributed by atoms with Crippen LogP contribution in [0.25, 0.3) is 0 Å². The first-order valence-corrected chi connectivity index (χ1v) is 9.91. The van der Waals surface area contributed by atoms with Crippen molar-refractivity contribution in [3.05, 3.63) is 38.1 Å². The van der Waals surface area contributed by atoms with Gasteiger partial charge in [0.1, 0.15) is 15.5 Å². The zero-order chi connectivity index (χ0) is 17.2. The summed E-state index contributed by atoms with van der Waals surface area (Å²) < 4.78 is 38.4. The van der Waals surface area contributed by atoms with Gasteiger partial charge in [-0.05, 0) is 50.1 Å². The van der Waals surface area contributed by atoms with Crippen molar-refractivity contribution < 1.29 is 22.7 Å². The van der Waals surface area contributed by atoms with Crippen LogP contribution in [0.4, 0.5) is 5.69 Å². The molecule has 0 fully saturated rings. The summed E-state index contributed by atoms with van der Waals surface area (Å²) in [5.41, 5.74) is 0.481. The van der Waals surface area contributed by atoms with Gasteiger partial charge in [-0.25, -0.2) is 13.2 Å². The van der Waals surface area contributed by atoms with Crippen LogP contribution in [0.1, 0.15) is 10.4 Å². The minimum atomic E-state index is -3.74. The Bertz CT molecular complexity index is 829. The van der Waals surface area contributed by atoms with Crippen molar-refractivity contribution in [2.45, 2.75) is 4.21 Å². The molecule has 1 N–H and O–H groups in total. The number of sulfonamides is 1. The van der Waals surface area contributed by atoms with Crippen molar-refractivity contribution in [2.75, 3.05) is 18.9 Å². The highest BCUT2D eigenvalue weighted by Crippen LogP contribution is 2.36. The molecule has 124 valence electrons. The van der Waals surface area contributed by atoms with E-state index in [9.17, 15) is 13.2 Å². The molecule has 2 rings (SSSR count). The van der Waals surface area contributed by atoms with Crippen molar-refractivity contribution >= 4 is 64.9 Å². The standard InChI is InChI=1S/C13H11Br2NO5S2/c1-20-10-5-7(3-4-8(10)13(17)21-2)16-23(18,19)11-6-9(14)12(15)22-11/h3-6,16H,1-2H3. The largest absolute Gasteiger partial charge is 0.496 e. The molecule has 10 heteroatoms. The Hall–Kier alpha value is -1.10. The number of nitrogens with one attached hydrogen (secondary N) is 1. The van der Waals surface area contributed by atoms with E-state index in [1.165, 1.54) is 38.5 Å². The zero-order valence-electron chi connectivity index (χ0n) is 11.9. The lowest BCUT2D eigenvalue weighted by Gasteiger charge is -2.10. The fourth-order valence-electron chi connectivity index (χ4n) is 1.70. The molecule has 2 aromatic rings. The molecule has 0 aliphatic carbocycles. The lowest BCUT2D eigenvalue weighted by Crippen LogP contribution is -2.12. The van der Waals surface area contributed by atoms with Crippen molar-refractivity contribution in [1.82, 2.24) is 0 Å². The van der Waals surface area contributed by atoms with E-state index in [1.54, 1.807) is 0 Å². The molecule has 0 bridgehead atoms. The second kappa shape index (κ2) is 7.20. The fourth-order valence-corrected chi connectivity index (χ4v) is 5.57. The number of ether oxygens (including phenoxy) is 2. The maximum atomic E-state index is 12.4. The summed E-state index contributed by atoms with van der Waals surface area (Å²) in [4.78, 5) is 11.6. The van der Waals surface area contributed by atoms with E-state index in [2.05, 4.69) is 41.3 Å². The number of carbonyl (C=O) groups excluding carboxylic acids is 1. The predicted molar refractivity (Wildman–Crippen MR) is 94.9 cm³/mol. The quantitative estimate of drug-likeness (QED) is 0.651. The second-order valence-electron chi connectivity index (χ2n) is 4.20. The molecule has 0 amide bonds. The lowest BCUT2D eigenvalue weighted by atomic mass is 10.2. The molecule has 0 saturated heterocycles. The number of hydrogen-bond donors (Lipinski definition) is 1. The molecular weight excluding hydrogens is 474 g/mol. The molecule has 23 heavy (non-hydrogen) atoms. The molecule has 0 unspecified atom stereocenters. The molecule has 6 nitrogen and oxygen atoms in total. The number of halogens is 2. The fraction of sp³-hybridized carbons (Fsp3) is 0.154. The van der Waals surface area contributed by atoms with Gasteiger partial charge in [-0.15, -0.1) is 11.3 Å². The van der Waals surface area contributed by atoms with Gasteiger partial charge in [-0.2, -0.15) is 0 Å². The lowest BCUT2D eigenvalue weighted by molar-refractivity contribution is 0.0597. The van der Waals surface area contributed by atoms with Crippen LogP contribution in [-0.4, -0.2) is 28.6 Å². The van der Waals surface area contributed by atoms with E-state index in [0.29, 0.717) is 8.26 Å². The number of hydrogen-bond acceptors (Lipinski definition) is 6. The molecule has 0 aliphatic heterocycles. The highest BCUT2D eigenvalue weighted by atomic mass is 79.9. The molecule has 0 aliphatic rings. The maximum absolute atomic E-state index is 12.4. The Morgan fingerprint density at radius 2 is 1.91 bits per heavy atom. The van der Waals surface area contributed by atoms with Crippen molar-refractivity contribution in [3.63, 3.8) is 0 Å². The number of carbonyl (C=O) groups is 1. The van der Waals surface area contributed by atoms with Crippen LogP contribution in [0.15, 0.2) is 36.7 Å². The first-order valence-electron chi connectivity index (χ1n) is 6.02. The van der Waals surface area contributed by atoms with Gasteiger partial charge < -0.3 is 9.47 Å². The van der Waals surface area contributed by atoms with E-state index < -0.39 is 16.0 Å². The first-order chi connectivity index (χ1) is 10.8. The van der Waals surface area contributed by atoms with Crippen molar-refractivity contribution in [1.29, 1.82) is 0 Å². The van der Waals surface area contributed by atoms with Gasteiger partial charge in [0, 0.05) is 10.5 Å². The van der Waals surface area contributed by atoms with Gasteiger partial charge in [0.2, 0.25) is 0 Å². The van der Waals surface area contributed by atoms with Crippen molar-refractivity contribution in [3.8, 4) is 5.75 Å². The molecule has 0 saturated carbocycles. The third kappa shape index (κ3) is 4.06. The number of methoxy groups -OCH3 is 2. The zero-order valence-corrected chi connectivity index (χ0v) is 16.7. The van der Waals surface area contributed by atoms with E-state index >= 15 is 0 Å². The van der Waals surface area contributed by atoms with Crippen LogP contribution < -0.4 is 9.46 Å². The predicted octanol–water partition coefficient (Wildman–Crippen LogP) is 3.87. The third-order valence-corrected chi connectivity index (χ3v) is 7.86. The van der Waals surface area contributed by atoms with Crippen LogP contribution in [0.5, 0.6) is 5.75 Å². The van der Waals surface area contributed by atoms with Gasteiger partial charge in [-0.1, -0.05) is 0 Å². The number of rotatable bonds is 5. The monoisotopic (exact) mass is 483 g/mol. The minimum absolute atomic E-state index is 0.146. The molecule has 0 radical (unpaired) electrons. The Morgan fingerprint density at radius 1 is 1.22 bits per heavy atom. The Kier molecular flexibility index (Phi) is 5.71. The summed E-state index contributed by atoms with van der Waals surface area (Å²) in [6.45, 7) is 0. The highest BCUT2D eigenvalue weighted by Gasteiger charge is 2.20. The van der Waals surface area contributed by atoms with Gasteiger partial charge in [0.05, 0.1) is 23.7 Å². The van der Waals surface area contributed by atoms with Gasteiger partial charge in [-0.3, -0.25) is 4.72 Å². The van der Waals surface area contributed by atoms with Crippen LogP contribution in [-0.2, 0) is 14.8 Å². The highest BCUT2D eigenvalue weighted by molar-refractivity contribution is 9.13. The van der Waals surface area contributed by atoms with E-state index in [1.807, 2.05) is 0 Å². The number of benzene rings is 1. The van der Waals surface area contributed by atoms with E-state index in [-0.39, 0.29) is 21.2 Å². The summed E-state index contributed by atoms with van der Waals surface area (Å²) in [6.07, 6.45) is 0. The number of esters is 1. The van der Waals surface area contributed by atoms with Crippen LogP contribution in [0.2, 0.25) is 0 Å². The summed E-state index contributed by atoms with van der Waals surface area (Å²) in [6, 6.07) is 5.81. The average molecular weight is 485 g/mol. The SMILES string of the molecule is COC(=O)c1ccc(NS(=O)(=O)c2cc(Br)c(Br)s2)cc1OC. The van der Waals surface area contributed by atoms with Crippen molar-refractivity contribution in [2.24, 2.45) is 0 Å². The second-order valence-corrected chi connectivity index (χ2v) is 9.33. The summed E-state index contributed by atoms with van der Waals surface area (Å²) in [7, 11) is -1.10. The minimum Gasteiger partial charge on any atom is -0.496 e. The maximum Gasteiger partial charge on any atom is 0.341 e. The van der Waals surface area contributed by atoms with Gasteiger partial charge in [0.15, 0.2) is 0 Å². The molecule has 1 heterocycles. The molecular formula is C13H11Br2NO5S2. The normalized spacial score (nSPS) is 11.1. The first kappa shape index (κ1) is 18.2. The number of anilines is 1. The van der Waals surface area contributed by atoms with Crippen LogP contribution in [0.3, 0.4) is 0 Å². The smallest absolute Gasteiger partial charge is 0.341 e. The van der Waals surface area contributed by atoms with Crippen LogP contribution in [0, 0.1) is 0 Å².